The molecule has 0 fully saturated rings. The average molecular weight is 256 g/mol. The Bertz CT molecular complexity index is 380. The molecule has 0 aliphatic heterocycles. The molecule has 0 spiro atoms. The van der Waals surface area contributed by atoms with Crippen LogP contribution in [-0.2, 0) is 6.42 Å². The summed E-state index contributed by atoms with van der Waals surface area (Å²) < 4.78 is 28.1. The predicted octanol–water partition coefficient (Wildman–Crippen LogP) is 3.09. The van der Waals surface area contributed by atoms with Crippen molar-refractivity contribution in [2.75, 3.05) is 11.4 Å². The van der Waals surface area contributed by atoms with Gasteiger partial charge < -0.3 is 10.6 Å². The molecule has 1 unspecified atom stereocenters. The Balaban J connectivity index is 3.15. The van der Waals surface area contributed by atoms with Crippen molar-refractivity contribution >= 4 is 5.69 Å². The van der Waals surface area contributed by atoms with Crippen LogP contribution in [0.1, 0.15) is 33.3 Å². The average Bonchev–Trinajstić information content (AvgIpc) is 2.21. The summed E-state index contributed by atoms with van der Waals surface area (Å²) >= 11 is 0. The van der Waals surface area contributed by atoms with E-state index in [4.69, 9.17) is 5.73 Å². The molecule has 102 valence electrons. The predicted molar refractivity (Wildman–Crippen MR) is 71.9 cm³/mol. The van der Waals surface area contributed by atoms with Crippen molar-refractivity contribution in [3.05, 3.63) is 29.3 Å². The van der Waals surface area contributed by atoms with Crippen LogP contribution in [0.5, 0.6) is 0 Å². The highest BCUT2D eigenvalue weighted by Gasteiger charge is 2.19. The van der Waals surface area contributed by atoms with Crippen molar-refractivity contribution in [3.63, 3.8) is 0 Å². The minimum atomic E-state index is -0.513. The lowest BCUT2D eigenvalue weighted by Gasteiger charge is -2.28. The largest absolute Gasteiger partial charge is 0.365 e. The second kappa shape index (κ2) is 6.14. The molecule has 0 saturated carbocycles. The van der Waals surface area contributed by atoms with E-state index in [9.17, 15) is 8.78 Å². The van der Waals surface area contributed by atoms with E-state index in [1.54, 1.807) is 4.90 Å². The molecule has 0 aromatic heterocycles. The lowest BCUT2D eigenvalue weighted by molar-refractivity contribution is 0.554. The third-order valence-electron chi connectivity index (χ3n) is 2.89. The fourth-order valence-electron chi connectivity index (χ4n) is 2.16. The van der Waals surface area contributed by atoms with Crippen LogP contribution in [0.2, 0.25) is 0 Å². The number of nitrogens with zero attached hydrogens (tertiary/aromatic N) is 1. The molecule has 0 aliphatic rings. The van der Waals surface area contributed by atoms with Crippen molar-refractivity contribution in [3.8, 4) is 0 Å². The van der Waals surface area contributed by atoms with E-state index in [1.807, 2.05) is 27.7 Å². The maximum absolute atomic E-state index is 14.0. The van der Waals surface area contributed by atoms with Crippen molar-refractivity contribution in [1.29, 1.82) is 0 Å². The molecular weight excluding hydrogens is 234 g/mol. The molecule has 1 aromatic carbocycles. The molecule has 0 saturated heterocycles. The molecule has 0 radical (unpaired) electrons. The smallest absolute Gasteiger partial charge is 0.149 e. The van der Waals surface area contributed by atoms with Crippen molar-refractivity contribution in [2.45, 2.75) is 46.2 Å². The maximum atomic E-state index is 14.0. The van der Waals surface area contributed by atoms with Crippen LogP contribution in [0.4, 0.5) is 14.5 Å². The van der Waals surface area contributed by atoms with Crippen LogP contribution in [0, 0.1) is 11.6 Å². The summed E-state index contributed by atoms with van der Waals surface area (Å²) in [4.78, 5) is 1.71. The highest BCUT2D eigenvalue weighted by Crippen LogP contribution is 2.26. The quantitative estimate of drug-likeness (QED) is 0.877. The number of hydrogen-bond donors (Lipinski definition) is 1. The Kier molecular flexibility index (Phi) is 5.08. The van der Waals surface area contributed by atoms with Gasteiger partial charge in [0, 0.05) is 18.6 Å². The molecular formula is C14H22F2N2. The zero-order valence-corrected chi connectivity index (χ0v) is 11.5. The van der Waals surface area contributed by atoms with Crippen LogP contribution in [0.15, 0.2) is 12.1 Å². The number of rotatable bonds is 5. The van der Waals surface area contributed by atoms with Crippen molar-refractivity contribution in [1.82, 2.24) is 0 Å². The highest BCUT2D eigenvalue weighted by molar-refractivity contribution is 5.51. The summed E-state index contributed by atoms with van der Waals surface area (Å²) in [5, 5.41) is 0. The van der Waals surface area contributed by atoms with Gasteiger partial charge in [0.2, 0.25) is 0 Å². The summed E-state index contributed by atoms with van der Waals surface area (Å²) in [5.74, 6) is -1.03. The minimum Gasteiger partial charge on any atom is -0.365 e. The van der Waals surface area contributed by atoms with E-state index in [2.05, 4.69) is 0 Å². The van der Waals surface area contributed by atoms with E-state index in [0.29, 0.717) is 18.5 Å². The van der Waals surface area contributed by atoms with Crippen LogP contribution in [0.3, 0.4) is 0 Å². The summed E-state index contributed by atoms with van der Waals surface area (Å²) in [7, 11) is 0. The molecule has 1 aromatic rings. The lowest BCUT2D eigenvalue weighted by Crippen LogP contribution is -2.32. The van der Waals surface area contributed by atoms with Gasteiger partial charge in [-0.1, -0.05) is 0 Å². The van der Waals surface area contributed by atoms with Crippen LogP contribution < -0.4 is 10.6 Å². The number of benzene rings is 1. The first-order chi connectivity index (χ1) is 8.36. The Morgan fingerprint density at radius 2 is 1.67 bits per heavy atom. The molecule has 0 aliphatic carbocycles. The first-order valence-corrected chi connectivity index (χ1v) is 6.36. The lowest BCUT2D eigenvalue weighted by atomic mass is 10.1. The number of anilines is 1. The Hall–Kier alpha value is -1.16. The summed E-state index contributed by atoms with van der Waals surface area (Å²) in [6.45, 7) is 8.10. The summed E-state index contributed by atoms with van der Waals surface area (Å²) in [5.41, 5.74) is 6.30. The van der Waals surface area contributed by atoms with Gasteiger partial charge in [0.25, 0.3) is 0 Å². The maximum Gasteiger partial charge on any atom is 0.149 e. The molecule has 1 atom stereocenters. The number of halogens is 2. The Labute approximate surface area is 108 Å². The standard InChI is InChI=1S/C14H22F2N2/c1-5-18(9(2)3)14-12(15)7-11(6-10(4)17)8-13(14)16/h7-10H,5-6,17H2,1-4H3. The SMILES string of the molecule is CCN(c1c(F)cc(CC(C)N)cc1F)C(C)C. The van der Waals surface area contributed by atoms with Gasteiger partial charge in [-0.2, -0.15) is 0 Å². The third-order valence-corrected chi connectivity index (χ3v) is 2.89. The second-order valence-corrected chi connectivity index (χ2v) is 4.97. The highest BCUT2D eigenvalue weighted by atomic mass is 19.1. The Morgan fingerprint density at radius 3 is 2.00 bits per heavy atom. The topological polar surface area (TPSA) is 29.3 Å². The molecule has 1 rings (SSSR count). The van der Waals surface area contributed by atoms with E-state index >= 15 is 0 Å². The van der Waals surface area contributed by atoms with Gasteiger partial charge in [-0.05, 0) is 51.8 Å². The fourth-order valence-corrected chi connectivity index (χ4v) is 2.16. The molecule has 0 amide bonds. The van der Waals surface area contributed by atoms with Gasteiger partial charge >= 0.3 is 0 Å². The summed E-state index contributed by atoms with van der Waals surface area (Å²) in [6, 6.07) is 2.71. The first-order valence-electron chi connectivity index (χ1n) is 6.36. The molecule has 4 heteroatoms. The van der Waals surface area contributed by atoms with E-state index < -0.39 is 11.6 Å². The molecule has 0 bridgehead atoms. The Morgan fingerprint density at radius 1 is 1.17 bits per heavy atom. The monoisotopic (exact) mass is 256 g/mol. The van der Waals surface area contributed by atoms with Crippen LogP contribution in [-0.4, -0.2) is 18.6 Å². The van der Waals surface area contributed by atoms with Gasteiger partial charge in [-0.25, -0.2) is 8.78 Å². The van der Waals surface area contributed by atoms with E-state index in [-0.39, 0.29) is 17.8 Å². The third kappa shape index (κ3) is 3.42. The molecule has 2 N–H and O–H groups in total. The van der Waals surface area contributed by atoms with E-state index in [0.717, 1.165) is 0 Å². The zero-order chi connectivity index (χ0) is 13.9. The van der Waals surface area contributed by atoms with Gasteiger partial charge in [-0.15, -0.1) is 0 Å². The fraction of sp³-hybridized carbons (Fsp3) is 0.571. The van der Waals surface area contributed by atoms with Gasteiger partial charge in [0.05, 0.1) is 0 Å². The van der Waals surface area contributed by atoms with E-state index in [1.165, 1.54) is 12.1 Å². The van der Waals surface area contributed by atoms with Gasteiger partial charge in [0.15, 0.2) is 0 Å². The molecule has 0 heterocycles. The van der Waals surface area contributed by atoms with Gasteiger partial charge in [0.1, 0.15) is 17.3 Å². The first kappa shape index (κ1) is 14.9. The summed E-state index contributed by atoms with van der Waals surface area (Å²) in [6.07, 6.45) is 0.474. The van der Waals surface area contributed by atoms with Gasteiger partial charge in [-0.3, -0.25) is 0 Å². The van der Waals surface area contributed by atoms with Crippen LogP contribution in [0.25, 0.3) is 0 Å². The van der Waals surface area contributed by atoms with Crippen molar-refractivity contribution in [2.24, 2.45) is 5.73 Å². The van der Waals surface area contributed by atoms with Crippen molar-refractivity contribution < 1.29 is 8.78 Å². The molecule has 2 nitrogen and oxygen atoms in total. The zero-order valence-electron chi connectivity index (χ0n) is 11.5. The number of nitrogens with two attached hydrogens (primary N) is 1. The minimum absolute atomic E-state index is 0.0540. The normalized spacial score (nSPS) is 12.9. The second-order valence-electron chi connectivity index (χ2n) is 4.97. The molecule has 18 heavy (non-hydrogen) atoms. The van der Waals surface area contributed by atoms with Crippen LogP contribution >= 0.6 is 0 Å². The number of hydrogen-bond acceptors (Lipinski definition) is 2.